The molecule has 1 atom stereocenters. The van der Waals surface area contributed by atoms with Crippen LogP contribution >= 0.6 is 23.1 Å². The molecule has 6 nitrogen and oxygen atoms in total. The van der Waals surface area contributed by atoms with Crippen molar-refractivity contribution in [2.45, 2.75) is 38.3 Å². The number of rotatable bonds is 7. The minimum Gasteiger partial charge on any atom is -0.396 e. The highest BCUT2D eigenvalue weighted by Crippen LogP contribution is 2.31. The number of carbonyl (C=O) groups excluding carboxylic acids is 1. The summed E-state index contributed by atoms with van der Waals surface area (Å²) in [5.41, 5.74) is 10.3. The van der Waals surface area contributed by atoms with Gasteiger partial charge in [0, 0.05) is 22.6 Å². The van der Waals surface area contributed by atoms with E-state index in [2.05, 4.69) is 15.3 Å². The van der Waals surface area contributed by atoms with E-state index in [1.54, 1.807) is 6.92 Å². The van der Waals surface area contributed by atoms with Crippen LogP contribution in [-0.2, 0) is 11.2 Å². The molecule has 1 unspecified atom stereocenters. The first-order chi connectivity index (χ1) is 13.8. The Bertz CT molecular complexity index is 1000. The Morgan fingerprint density at radius 2 is 2.00 bits per heavy atom. The number of anilines is 2. The maximum absolute atomic E-state index is 12.4. The van der Waals surface area contributed by atoms with E-state index in [0.717, 1.165) is 27.4 Å². The van der Waals surface area contributed by atoms with Crippen molar-refractivity contribution in [1.29, 1.82) is 0 Å². The highest BCUT2D eigenvalue weighted by atomic mass is 32.2. The Morgan fingerprint density at radius 3 is 2.69 bits per heavy atom. The maximum atomic E-state index is 12.4. The van der Waals surface area contributed by atoms with Crippen LogP contribution in [0.3, 0.4) is 0 Å². The number of pyridine rings is 1. The van der Waals surface area contributed by atoms with Gasteiger partial charge >= 0.3 is 0 Å². The molecular formula is C21H24N4O2S2. The number of nitrogens with two attached hydrogens (primary N) is 1. The van der Waals surface area contributed by atoms with Crippen molar-refractivity contribution < 1.29 is 9.90 Å². The zero-order valence-electron chi connectivity index (χ0n) is 16.6. The van der Waals surface area contributed by atoms with Gasteiger partial charge in [0.2, 0.25) is 5.91 Å². The summed E-state index contributed by atoms with van der Waals surface area (Å²) in [4.78, 5) is 22.5. The predicted octanol–water partition coefficient (Wildman–Crippen LogP) is 4.06. The standard InChI is InChI=1S/C21H24N4O2S2/c1-12-9-16(10-13(2)26)18(22)20(23-12)28-11-17(27)24-21-25-19(14(3)29-21)15-7-5-4-6-8-15/h4-9,13,26H,10-11,22H2,1-3H3,(H,24,25,27). The van der Waals surface area contributed by atoms with E-state index in [4.69, 9.17) is 5.73 Å². The van der Waals surface area contributed by atoms with Crippen LogP contribution in [0.15, 0.2) is 41.4 Å². The lowest BCUT2D eigenvalue weighted by Crippen LogP contribution is -2.14. The Labute approximate surface area is 178 Å². The number of hydrogen-bond acceptors (Lipinski definition) is 7. The Hall–Kier alpha value is -2.42. The number of thiazole rings is 1. The minimum absolute atomic E-state index is 0.164. The lowest BCUT2D eigenvalue weighted by atomic mass is 10.1. The third-order valence-electron chi connectivity index (χ3n) is 4.18. The number of aromatic nitrogens is 2. The summed E-state index contributed by atoms with van der Waals surface area (Å²) in [6.45, 7) is 5.58. The van der Waals surface area contributed by atoms with Crippen molar-refractivity contribution in [3.05, 3.63) is 52.5 Å². The van der Waals surface area contributed by atoms with Crippen molar-refractivity contribution in [3.8, 4) is 11.3 Å². The number of benzene rings is 1. The van der Waals surface area contributed by atoms with Crippen molar-refractivity contribution >= 4 is 39.8 Å². The number of nitrogen functional groups attached to an aromatic ring is 1. The molecular weight excluding hydrogens is 404 g/mol. The van der Waals surface area contributed by atoms with Crippen LogP contribution in [0, 0.1) is 13.8 Å². The van der Waals surface area contributed by atoms with Gasteiger partial charge in [0.05, 0.1) is 23.2 Å². The number of hydrogen-bond donors (Lipinski definition) is 3. The summed E-state index contributed by atoms with van der Waals surface area (Å²) in [6, 6.07) is 11.8. The Balaban J connectivity index is 1.66. The van der Waals surface area contributed by atoms with E-state index in [9.17, 15) is 9.90 Å². The molecule has 8 heteroatoms. The van der Waals surface area contributed by atoms with Gasteiger partial charge in [-0.05, 0) is 32.4 Å². The van der Waals surface area contributed by atoms with Crippen molar-refractivity contribution in [1.82, 2.24) is 9.97 Å². The second-order valence-corrected chi connectivity index (χ2v) is 8.99. The molecule has 0 aliphatic heterocycles. The monoisotopic (exact) mass is 428 g/mol. The Morgan fingerprint density at radius 1 is 1.28 bits per heavy atom. The number of nitrogens with zero attached hydrogens (tertiary/aromatic N) is 2. The highest BCUT2D eigenvalue weighted by molar-refractivity contribution is 8.00. The van der Waals surface area contributed by atoms with Crippen molar-refractivity contribution in [2.24, 2.45) is 0 Å². The number of aliphatic hydroxyl groups is 1. The summed E-state index contributed by atoms with van der Waals surface area (Å²) < 4.78 is 0. The molecule has 0 radical (unpaired) electrons. The largest absolute Gasteiger partial charge is 0.396 e. The fourth-order valence-electron chi connectivity index (χ4n) is 2.92. The number of nitrogens with one attached hydrogen (secondary N) is 1. The average Bonchev–Trinajstić information content (AvgIpc) is 3.03. The zero-order chi connectivity index (χ0) is 21.0. The highest BCUT2D eigenvalue weighted by Gasteiger charge is 2.15. The van der Waals surface area contributed by atoms with Gasteiger partial charge in [0.1, 0.15) is 5.03 Å². The SMILES string of the molecule is Cc1cc(CC(C)O)c(N)c(SCC(=O)Nc2nc(-c3ccccc3)c(C)s2)n1. The van der Waals surface area contributed by atoms with Crippen LogP contribution in [0.5, 0.6) is 0 Å². The minimum atomic E-state index is -0.493. The fraction of sp³-hybridized carbons (Fsp3) is 0.286. The zero-order valence-corrected chi connectivity index (χ0v) is 18.2. The number of thioether (sulfide) groups is 1. The summed E-state index contributed by atoms with van der Waals surface area (Å²) >= 11 is 2.74. The molecule has 2 aromatic heterocycles. The predicted molar refractivity (Wildman–Crippen MR) is 120 cm³/mol. The summed E-state index contributed by atoms with van der Waals surface area (Å²) in [7, 11) is 0. The number of amides is 1. The molecule has 0 aliphatic carbocycles. The summed E-state index contributed by atoms with van der Waals surface area (Å²) in [6.07, 6.45) is -0.0394. The molecule has 152 valence electrons. The van der Waals surface area contributed by atoms with Crippen molar-refractivity contribution in [2.75, 3.05) is 16.8 Å². The second kappa shape index (κ2) is 9.39. The van der Waals surface area contributed by atoms with Crippen LogP contribution in [-0.4, -0.2) is 32.8 Å². The van der Waals surface area contributed by atoms with Crippen LogP contribution in [0.2, 0.25) is 0 Å². The molecule has 4 N–H and O–H groups in total. The molecule has 0 saturated heterocycles. The van der Waals surface area contributed by atoms with Gasteiger partial charge in [0.15, 0.2) is 5.13 Å². The molecule has 0 bridgehead atoms. The van der Waals surface area contributed by atoms with E-state index < -0.39 is 6.10 Å². The first kappa shape index (κ1) is 21.3. The fourth-order valence-corrected chi connectivity index (χ4v) is 4.61. The molecule has 2 heterocycles. The van der Waals surface area contributed by atoms with E-state index in [-0.39, 0.29) is 11.7 Å². The van der Waals surface area contributed by atoms with Gasteiger partial charge in [-0.2, -0.15) is 0 Å². The molecule has 0 saturated carbocycles. The lowest BCUT2D eigenvalue weighted by molar-refractivity contribution is -0.113. The number of aryl methyl sites for hydroxylation is 2. The van der Waals surface area contributed by atoms with Gasteiger partial charge in [-0.15, -0.1) is 11.3 Å². The topological polar surface area (TPSA) is 101 Å². The molecule has 1 aromatic carbocycles. The molecule has 29 heavy (non-hydrogen) atoms. The summed E-state index contributed by atoms with van der Waals surface area (Å²) in [5.74, 6) is 0.0109. The smallest absolute Gasteiger partial charge is 0.236 e. The molecule has 0 aliphatic rings. The van der Waals surface area contributed by atoms with E-state index in [0.29, 0.717) is 22.3 Å². The van der Waals surface area contributed by atoms with E-state index >= 15 is 0 Å². The van der Waals surface area contributed by atoms with E-state index in [1.807, 2.05) is 50.2 Å². The van der Waals surface area contributed by atoms with Gasteiger partial charge in [-0.1, -0.05) is 42.1 Å². The van der Waals surface area contributed by atoms with Crippen LogP contribution in [0.25, 0.3) is 11.3 Å². The first-order valence-electron chi connectivity index (χ1n) is 9.23. The normalized spacial score (nSPS) is 12.0. The summed E-state index contributed by atoms with van der Waals surface area (Å²) in [5, 5.41) is 13.7. The second-order valence-electron chi connectivity index (χ2n) is 6.82. The molecule has 3 aromatic rings. The van der Waals surface area contributed by atoms with Crippen molar-refractivity contribution in [3.63, 3.8) is 0 Å². The van der Waals surface area contributed by atoms with Gasteiger partial charge < -0.3 is 16.2 Å². The number of aliphatic hydroxyl groups excluding tert-OH is 1. The maximum Gasteiger partial charge on any atom is 0.236 e. The van der Waals surface area contributed by atoms with Crippen LogP contribution in [0.1, 0.15) is 23.1 Å². The first-order valence-corrected chi connectivity index (χ1v) is 11.0. The van der Waals surface area contributed by atoms with Crippen LogP contribution in [0.4, 0.5) is 10.8 Å². The van der Waals surface area contributed by atoms with Gasteiger partial charge in [-0.3, -0.25) is 4.79 Å². The Kier molecular flexibility index (Phi) is 6.89. The van der Waals surface area contributed by atoms with E-state index in [1.165, 1.54) is 23.1 Å². The molecule has 3 rings (SSSR count). The molecule has 0 fully saturated rings. The quantitative estimate of drug-likeness (QED) is 0.491. The van der Waals surface area contributed by atoms with Gasteiger partial charge in [-0.25, -0.2) is 9.97 Å². The number of carbonyl (C=O) groups is 1. The van der Waals surface area contributed by atoms with Gasteiger partial charge in [0.25, 0.3) is 0 Å². The third kappa shape index (κ3) is 5.56. The molecule has 1 amide bonds. The van der Waals surface area contributed by atoms with Crippen LogP contribution < -0.4 is 11.1 Å². The lowest BCUT2D eigenvalue weighted by Gasteiger charge is -2.12. The third-order valence-corrected chi connectivity index (χ3v) is 6.06. The average molecular weight is 429 g/mol. The molecule has 0 spiro atoms.